The minimum atomic E-state index is -1.27. The molecule has 9 nitrogen and oxygen atoms in total. The number of rotatable bonds is 6. The number of ether oxygens (including phenoxy) is 3. The summed E-state index contributed by atoms with van der Waals surface area (Å²) in [5, 5.41) is 12.3. The molecule has 46 heavy (non-hydrogen) atoms. The van der Waals surface area contributed by atoms with Gasteiger partial charge in [-0.15, -0.1) is 11.8 Å². The molecule has 10 heteroatoms. The third kappa shape index (κ3) is 5.23. The Bertz CT molecular complexity index is 1690. The first kappa shape index (κ1) is 32.3. The summed E-state index contributed by atoms with van der Waals surface area (Å²) in [6.07, 6.45) is 5.07. The zero-order valence-corrected chi connectivity index (χ0v) is 27.9. The predicted molar refractivity (Wildman–Crippen MR) is 172 cm³/mol. The van der Waals surface area contributed by atoms with Crippen LogP contribution in [0.4, 0.5) is 0 Å². The van der Waals surface area contributed by atoms with Crippen molar-refractivity contribution in [1.29, 1.82) is 0 Å². The highest BCUT2D eigenvalue weighted by atomic mass is 32.2. The van der Waals surface area contributed by atoms with E-state index in [1.54, 1.807) is 54.5 Å². The Morgan fingerprint density at radius 1 is 1.15 bits per heavy atom. The molecule has 1 aromatic carbocycles. The Labute approximate surface area is 273 Å². The van der Waals surface area contributed by atoms with Crippen molar-refractivity contribution in [3.63, 3.8) is 0 Å². The van der Waals surface area contributed by atoms with E-state index in [4.69, 9.17) is 18.6 Å². The number of pyridine rings is 1. The maximum Gasteiger partial charge on any atom is 0.345 e. The van der Waals surface area contributed by atoms with Gasteiger partial charge in [0.05, 0.1) is 18.3 Å². The number of esters is 2. The topological polar surface area (TPSA) is 125 Å². The number of benzene rings is 1. The van der Waals surface area contributed by atoms with Crippen LogP contribution >= 0.6 is 11.8 Å². The van der Waals surface area contributed by atoms with E-state index in [9.17, 15) is 19.5 Å². The van der Waals surface area contributed by atoms with Crippen LogP contribution in [-0.2, 0) is 14.3 Å². The van der Waals surface area contributed by atoms with Crippen LogP contribution in [0, 0.1) is 28.6 Å². The largest absolute Gasteiger partial charge is 0.482 e. The molecule has 244 valence electrons. The maximum atomic E-state index is 13.7. The molecule has 0 saturated heterocycles. The quantitative estimate of drug-likeness (QED) is 0.235. The van der Waals surface area contributed by atoms with Crippen molar-refractivity contribution in [2.24, 2.45) is 28.6 Å². The lowest BCUT2D eigenvalue weighted by Gasteiger charge is -2.66. The summed E-state index contributed by atoms with van der Waals surface area (Å²) in [5.74, 6) is -1.05. The summed E-state index contributed by atoms with van der Waals surface area (Å²) >= 11 is 1.58. The van der Waals surface area contributed by atoms with E-state index in [1.165, 1.54) is 6.92 Å². The summed E-state index contributed by atoms with van der Waals surface area (Å²) in [6, 6.07) is 12.4. The van der Waals surface area contributed by atoms with Crippen LogP contribution in [0.1, 0.15) is 75.9 Å². The first-order valence-electron chi connectivity index (χ1n) is 15.8. The molecule has 0 amide bonds. The summed E-state index contributed by atoms with van der Waals surface area (Å²) < 4.78 is 24.6. The molecular formula is C36H41NO8S. The van der Waals surface area contributed by atoms with E-state index in [1.807, 2.05) is 25.3 Å². The van der Waals surface area contributed by atoms with Gasteiger partial charge in [0.25, 0.3) is 0 Å². The fourth-order valence-corrected chi connectivity index (χ4v) is 9.03. The van der Waals surface area contributed by atoms with Gasteiger partial charge in [0.15, 0.2) is 0 Å². The zero-order chi connectivity index (χ0) is 33.0. The minimum absolute atomic E-state index is 0.0510. The van der Waals surface area contributed by atoms with Crippen molar-refractivity contribution in [3.05, 3.63) is 76.4 Å². The van der Waals surface area contributed by atoms with Crippen molar-refractivity contribution in [2.45, 2.75) is 76.6 Å². The van der Waals surface area contributed by atoms with Gasteiger partial charge >= 0.3 is 17.6 Å². The Balaban J connectivity index is 1.48. The van der Waals surface area contributed by atoms with E-state index < -0.39 is 46.2 Å². The van der Waals surface area contributed by atoms with Gasteiger partial charge in [-0.1, -0.05) is 20.8 Å². The molecule has 1 N–H and O–H groups in total. The lowest BCUT2D eigenvalue weighted by atomic mass is 9.41. The molecule has 0 bridgehead atoms. The van der Waals surface area contributed by atoms with Crippen molar-refractivity contribution in [2.75, 3.05) is 12.9 Å². The Kier molecular flexibility index (Phi) is 8.34. The molecule has 2 aliphatic carbocycles. The lowest BCUT2D eigenvalue weighted by Crippen LogP contribution is -2.70. The van der Waals surface area contributed by atoms with Crippen LogP contribution in [0.25, 0.3) is 11.3 Å². The third-order valence-electron chi connectivity index (χ3n) is 11.3. The first-order chi connectivity index (χ1) is 21.8. The van der Waals surface area contributed by atoms with Crippen LogP contribution in [0.2, 0.25) is 0 Å². The molecule has 3 aromatic rings. The van der Waals surface area contributed by atoms with Gasteiger partial charge in [-0.3, -0.25) is 9.78 Å². The normalized spacial score (nSPS) is 33.1. The van der Waals surface area contributed by atoms with Gasteiger partial charge in [-0.05, 0) is 86.1 Å². The molecule has 8 atom stereocenters. The summed E-state index contributed by atoms with van der Waals surface area (Å²) in [6.45, 7) is 9.86. The number of carbonyl (C=O) groups is 2. The molecule has 3 unspecified atom stereocenters. The van der Waals surface area contributed by atoms with Crippen LogP contribution in [0.15, 0.2) is 69.0 Å². The van der Waals surface area contributed by atoms with E-state index in [2.05, 4.69) is 25.8 Å². The smallest absolute Gasteiger partial charge is 0.345 e. The number of hydrogen-bond acceptors (Lipinski definition) is 10. The molecule has 3 heterocycles. The van der Waals surface area contributed by atoms with Crippen LogP contribution in [0.5, 0.6) is 5.75 Å². The number of thioether (sulfide) groups is 1. The van der Waals surface area contributed by atoms with Crippen molar-refractivity contribution >= 4 is 23.7 Å². The number of hydrogen-bond donors (Lipinski definition) is 1. The highest BCUT2D eigenvalue weighted by molar-refractivity contribution is 7.98. The number of aliphatic hydroxyl groups is 1. The van der Waals surface area contributed by atoms with E-state index in [0.29, 0.717) is 17.5 Å². The van der Waals surface area contributed by atoms with E-state index in [-0.39, 0.29) is 41.5 Å². The molecule has 0 radical (unpaired) electrons. The number of fused-ring (bicyclic) bond motifs is 4. The summed E-state index contributed by atoms with van der Waals surface area (Å²) in [4.78, 5) is 44.5. The molecule has 0 spiro atoms. The van der Waals surface area contributed by atoms with Gasteiger partial charge in [-0.2, -0.15) is 0 Å². The highest BCUT2D eigenvalue weighted by Gasteiger charge is 2.70. The summed E-state index contributed by atoms with van der Waals surface area (Å²) in [5.41, 5.74) is -1.94. The number of carbonyl (C=O) groups excluding carboxylic acids is 2. The average molecular weight is 648 g/mol. The van der Waals surface area contributed by atoms with Gasteiger partial charge in [0.2, 0.25) is 0 Å². The molecule has 2 fully saturated rings. The molecule has 2 aromatic heterocycles. The van der Waals surface area contributed by atoms with Gasteiger partial charge in [0.1, 0.15) is 28.8 Å². The van der Waals surface area contributed by atoms with E-state index in [0.717, 1.165) is 17.7 Å². The van der Waals surface area contributed by atoms with Crippen molar-refractivity contribution < 1.29 is 33.3 Å². The first-order valence-corrected chi connectivity index (χ1v) is 17.0. The SMILES string of the molecule is CSc1ccc(C(=O)O[C@H]2CC3C(C)(COC(C)=O)[C@@H](C)CC[C@]3(C)C3[C@@H](O)c4c(cc(-c5cccnc5)oc4=O)O[C@@]32C)cc1. The van der Waals surface area contributed by atoms with Crippen LogP contribution in [-0.4, -0.2) is 46.6 Å². The fraction of sp³-hybridized carbons (Fsp3) is 0.500. The second-order valence-corrected chi connectivity index (χ2v) is 14.6. The molecule has 6 rings (SSSR count). The predicted octanol–water partition coefficient (Wildman–Crippen LogP) is 6.48. The number of aromatic nitrogens is 1. The molecular weight excluding hydrogens is 606 g/mol. The number of nitrogens with zero attached hydrogens (tertiary/aromatic N) is 1. The second kappa shape index (κ2) is 11.9. The Morgan fingerprint density at radius 3 is 2.54 bits per heavy atom. The zero-order valence-electron chi connectivity index (χ0n) is 27.1. The second-order valence-electron chi connectivity index (χ2n) is 13.8. The van der Waals surface area contributed by atoms with Crippen molar-refractivity contribution in [1.82, 2.24) is 4.98 Å². The van der Waals surface area contributed by atoms with Gasteiger partial charge in [-0.25, -0.2) is 9.59 Å². The molecule has 2 saturated carbocycles. The van der Waals surface area contributed by atoms with Gasteiger partial charge < -0.3 is 23.7 Å². The monoisotopic (exact) mass is 647 g/mol. The number of aliphatic hydroxyl groups excluding tert-OH is 1. The maximum absolute atomic E-state index is 13.7. The van der Waals surface area contributed by atoms with Crippen LogP contribution < -0.4 is 10.4 Å². The average Bonchev–Trinajstić information content (AvgIpc) is 3.03. The minimum Gasteiger partial charge on any atom is -0.482 e. The Morgan fingerprint density at radius 2 is 1.89 bits per heavy atom. The molecule has 3 aliphatic rings. The molecule has 1 aliphatic heterocycles. The standard InChI is InChI=1S/C36H41NO8S/c1-20-13-14-34(3)27(35(20,4)19-42-21(2)38)17-28(44-32(40)22-9-11-24(46-6)12-10-22)36(5)31(34)30(39)29-26(45-36)16-25(43-33(29)41)23-8-7-15-37-18-23/h7-12,15-16,18,20,27-28,30-31,39H,13-14,17,19H2,1-6H3/t20-,27?,28-,30-,31?,34-,35?,36+/m0/s1. The fourth-order valence-electron chi connectivity index (χ4n) is 8.62. The lowest BCUT2D eigenvalue weighted by molar-refractivity contribution is -0.257. The highest BCUT2D eigenvalue weighted by Crippen LogP contribution is 2.68. The van der Waals surface area contributed by atoms with E-state index >= 15 is 0 Å². The summed E-state index contributed by atoms with van der Waals surface area (Å²) in [7, 11) is 0. The Hall–Kier alpha value is -3.63. The van der Waals surface area contributed by atoms with Gasteiger partial charge in [0, 0.05) is 47.2 Å². The van der Waals surface area contributed by atoms with Crippen molar-refractivity contribution in [3.8, 4) is 17.1 Å². The van der Waals surface area contributed by atoms with Crippen LogP contribution in [0.3, 0.4) is 0 Å². The third-order valence-corrected chi connectivity index (χ3v) is 12.0.